The maximum absolute atomic E-state index is 15.0. The molecule has 2 aromatic rings. The van der Waals surface area contributed by atoms with Gasteiger partial charge in [0, 0.05) is 0 Å². The lowest BCUT2D eigenvalue weighted by molar-refractivity contribution is 0.113. The minimum Gasteiger partial charge on any atom is -0.486 e. The van der Waals surface area contributed by atoms with E-state index in [-0.39, 0.29) is 17.7 Å². The van der Waals surface area contributed by atoms with Crippen LogP contribution in [0, 0.1) is 29.4 Å². The summed E-state index contributed by atoms with van der Waals surface area (Å²) in [7, 11) is 0. The van der Waals surface area contributed by atoms with Gasteiger partial charge in [-0.1, -0.05) is 63.8 Å². The molecule has 0 spiro atoms. The van der Waals surface area contributed by atoms with E-state index >= 15 is 0 Å². The van der Waals surface area contributed by atoms with Crippen molar-refractivity contribution in [1.29, 1.82) is 0 Å². The van der Waals surface area contributed by atoms with E-state index < -0.39 is 11.6 Å². The third-order valence-electron chi connectivity index (χ3n) is 7.76. The quantitative estimate of drug-likeness (QED) is 0.303. The fraction of sp³-hybridized carbons (Fsp3) is 0.571. The van der Waals surface area contributed by atoms with Crippen LogP contribution in [0.25, 0.3) is 10.8 Å². The first-order valence-corrected chi connectivity index (χ1v) is 12.3. The molecule has 3 heteroatoms. The topological polar surface area (TPSA) is 9.23 Å². The fourth-order valence-corrected chi connectivity index (χ4v) is 6.10. The summed E-state index contributed by atoms with van der Waals surface area (Å²) in [6.45, 7) is 6.05. The molecule has 0 heterocycles. The van der Waals surface area contributed by atoms with Gasteiger partial charge in [0.1, 0.15) is 12.4 Å². The first kappa shape index (κ1) is 22.3. The number of rotatable bonds is 8. The zero-order valence-corrected chi connectivity index (χ0v) is 18.8. The minimum absolute atomic E-state index is 0.0339. The Morgan fingerprint density at radius 1 is 1.03 bits per heavy atom. The number of ether oxygens (including phenoxy) is 1. The summed E-state index contributed by atoms with van der Waals surface area (Å²) in [5.74, 6) is 1.91. The zero-order chi connectivity index (χ0) is 21.8. The Kier molecular flexibility index (Phi) is 7.30. The predicted octanol–water partition coefficient (Wildman–Crippen LogP) is 8.56. The normalized spacial score (nSPS) is 25.9. The number of benzene rings is 2. The van der Waals surface area contributed by atoms with Crippen molar-refractivity contribution in [2.24, 2.45) is 17.8 Å². The standard InChI is InChI=1S/C28H36F2O/c1-3-5-6-7-19-8-9-21-16-22(11-10-20(21)15-19)24-17-23-12-13-26(31-14-4-2)28(30)27(23)25(29)18-24/h4,12-13,17-22H,2-3,5-11,14-16H2,1H3/t19?,20-,21?,22-/m1/s1. The molecule has 2 saturated carbocycles. The summed E-state index contributed by atoms with van der Waals surface area (Å²) < 4.78 is 35.1. The van der Waals surface area contributed by atoms with E-state index in [1.54, 1.807) is 24.3 Å². The van der Waals surface area contributed by atoms with Crippen LogP contribution in [0.15, 0.2) is 36.9 Å². The monoisotopic (exact) mass is 426 g/mol. The summed E-state index contributed by atoms with van der Waals surface area (Å²) >= 11 is 0. The van der Waals surface area contributed by atoms with Crippen molar-refractivity contribution in [1.82, 2.24) is 0 Å². The highest BCUT2D eigenvalue weighted by atomic mass is 19.1. The number of hydrogen-bond acceptors (Lipinski definition) is 1. The molecular formula is C28H36F2O. The Hall–Kier alpha value is -1.90. The molecule has 0 N–H and O–H groups in total. The number of halogens is 2. The van der Waals surface area contributed by atoms with Crippen molar-refractivity contribution in [2.75, 3.05) is 6.61 Å². The maximum Gasteiger partial charge on any atom is 0.175 e. The van der Waals surface area contributed by atoms with Gasteiger partial charge in [0.05, 0.1) is 5.39 Å². The van der Waals surface area contributed by atoms with Gasteiger partial charge in [-0.3, -0.25) is 0 Å². The van der Waals surface area contributed by atoms with Crippen LogP contribution < -0.4 is 4.74 Å². The van der Waals surface area contributed by atoms with E-state index in [0.717, 1.165) is 36.2 Å². The lowest BCUT2D eigenvalue weighted by Gasteiger charge is -2.42. The second-order valence-corrected chi connectivity index (χ2v) is 9.78. The van der Waals surface area contributed by atoms with Crippen LogP contribution >= 0.6 is 0 Å². The molecule has 2 aromatic carbocycles. The van der Waals surface area contributed by atoms with Crippen molar-refractivity contribution in [3.63, 3.8) is 0 Å². The van der Waals surface area contributed by atoms with Crippen molar-refractivity contribution >= 4 is 10.8 Å². The Morgan fingerprint density at radius 2 is 1.84 bits per heavy atom. The molecule has 0 bridgehead atoms. The molecule has 0 aliphatic heterocycles. The molecule has 2 aliphatic rings. The molecule has 0 radical (unpaired) electrons. The van der Waals surface area contributed by atoms with Gasteiger partial charge in [-0.15, -0.1) is 0 Å². The first-order chi connectivity index (χ1) is 15.1. The Balaban J connectivity index is 1.46. The SMILES string of the molecule is C=CCOc1ccc2cc([C@@H]3CC[C@@H]4CC(CCCCC)CCC4C3)cc(F)c2c1F. The molecule has 0 aromatic heterocycles. The van der Waals surface area contributed by atoms with Crippen molar-refractivity contribution < 1.29 is 13.5 Å². The Bertz CT molecular complexity index is 906. The van der Waals surface area contributed by atoms with Gasteiger partial charge in [0.25, 0.3) is 0 Å². The maximum atomic E-state index is 15.0. The average molecular weight is 427 g/mol. The average Bonchev–Trinajstić information content (AvgIpc) is 2.78. The molecule has 0 amide bonds. The molecule has 0 saturated heterocycles. The van der Waals surface area contributed by atoms with Crippen LogP contribution in [0.3, 0.4) is 0 Å². The summed E-state index contributed by atoms with van der Waals surface area (Å²) in [5, 5.41) is 0.659. The second kappa shape index (κ2) is 10.1. The van der Waals surface area contributed by atoms with Crippen LogP contribution in [0.1, 0.15) is 82.6 Å². The smallest absolute Gasteiger partial charge is 0.175 e. The Labute approximate surface area is 185 Å². The van der Waals surface area contributed by atoms with Gasteiger partial charge in [-0.25, -0.2) is 8.78 Å². The second-order valence-electron chi connectivity index (χ2n) is 9.78. The molecule has 4 atom stereocenters. The molecule has 2 unspecified atom stereocenters. The minimum atomic E-state index is -0.617. The van der Waals surface area contributed by atoms with Gasteiger partial charge in [0.15, 0.2) is 11.6 Å². The van der Waals surface area contributed by atoms with Gasteiger partial charge >= 0.3 is 0 Å². The third kappa shape index (κ3) is 4.96. The van der Waals surface area contributed by atoms with Crippen LogP contribution in [0.2, 0.25) is 0 Å². The summed E-state index contributed by atoms with van der Waals surface area (Å²) in [6, 6.07) is 6.95. The lowest BCUT2D eigenvalue weighted by Crippen LogP contribution is -2.30. The van der Waals surface area contributed by atoms with Crippen LogP contribution in [-0.2, 0) is 0 Å². The third-order valence-corrected chi connectivity index (χ3v) is 7.76. The Morgan fingerprint density at radius 3 is 2.65 bits per heavy atom. The van der Waals surface area contributed by atoms with E-state index in [2.05, 4.69) is 13.5 Å². The van der Waals surface area contributed by atoms with E-state index in [1.807, 2.05) is 6.07 Å². The number of fused-ring (bicyclic) bond motifs is 2. The van der Waals surface area contributed by atoms with Crippen LogP contribution in [0.4, 0.5) is 8.78 Å². The van der Waals surface area contributed by atoms with Gasteiger partial charge in [0.2, 0.25) is 0 Å². The van der Waals surface area contributed by atoms with Crippen molar-refractivity contribution in [3.8, 4) is 5.75 Å². The van der Waals surface area contributed by atoms with Gasteiger partial charge in [-0.2, -0.15) is 0 Å². The number of unbranched alkanes of at least 4 members (excludes halogenated alkanes) is 2. The number of hydrogen-bond donors (Lipinski definition) is 0. The molecule has 168 valence electrons. The first-order valence-electron chi connectivity index (χ1n) is 12.3. The van der Waals surface area contributed by atoms with E-state index in [0.29, 0.717) is 11.3 Å². The molecule has 2 aliphatic carbocycles. The van der Waals surface area contributed by atoms with Gasteiger partial charge in [-0.05, 0) is 78.9 Å². The largest absolute Gasteiger partial charge is 0.486 e. The van der Waals surface area contributed by atoms with Crippen LogP contribution in [0.5, 0.6) is 5.75 Å². The lowest BCUT2D eigenvalue weighted by atomic mass is 9.63. The van der Waals surface area contributed by atoms with E-state index in [9.17, 15) is 8.78 Å². The molecule has 4 rings (SSSR count). The summed E-state index contributed by atoms with van der Waals surface area (Å²) in [6.07, 6.45) is 14.6. The van der Waals surface area contributed by atoms with E-state index in [1.165, 1.54) is 51.4 Å². The van der Waals surface area contributed by atoms with Crippen molar-refractivity contribution in [3.05, 3.63) is 54.1 Å². The van der Waals surface area contributed by atoms with Crippen LogP contribution in [-0.4, -0.2) is 6.61 Å². The molecule has 2 fully saturated rings. The van der Waals surface area contributed by atoms with Crippen molar-refractivity contribution in [2.45, 2.75) is 77.0 Å². The van der Waals surface area contributed by atoms with Gasteiger partial charge < -0.3 is 4.74 Å². The highest BCUT2D eigenvalue weighted by Crippen LogP contribution is 2.49. The predicted molar refractivity (Wildman–Crippen MR) is 125 cm³/mol. The van der Waals surface area contributed by atoms with E-state index in [4.69, 9.17) is 4.74 Å². The molecular weight excluding hydrogens is 390 g/mol. The molecule has 1 nitrogen and oxygen atoms in total. The highest BCUT2D eigenvalue weighted by Gasteiger charge is 2.36. The molecule has 31 heavy (non-hydrogen) atoms. The summed E-state index contributed by atoms with van der Waals surface area (Å²) in [4.78, 5) is 0. The summed E-state index contributed by atoms with van der Waals surface area (Å²) in [5.41, 5.74) is 1.03. The zero-order valence-electron chi connectivity index (χ0n) is 18.8. The fourth-order valence-electron chi connectivity index (χ4n) is 6.10. The highest BCUT2D eigenvalue weighted by molar-refractivity contribution is 5.86.